The van der Waals surface area contributed by atoms with Crippen molar-refractivity contribution < 1.29 is 9.47 Å². The summed E-state index contributed by atoms with van der Waals surface area (Å²) in [7, 11) is 0. The third-order valence-corrected chi connectivity index (χ3v) is 7.37. The van der Waals surface area contributed by atoms with Crippen molar-refractivity contribution in [3.05, 3.63) is 35.9 Å². The molecule has 6 nitrogen and oxygen atoms in total. The quantitative estimate of drug-likeness (QED) is 0.476. The third-order valence-electron chi connectivity index (χ3n) is 7.37. The molecule has 0 radical (unpaired) electrons. The highest BCUT2D eigenvalue weighted by Gasteiger charge is 2.35. The molecule has 2 N–H and O–H groups in total. The van der Waals surface area contributed by atoms with Crippen LogP contribution in [0.1, 0.15) is 57.1 Å². The van der Waals surface area contributed by atoms with Crippen LogP contribution in [0.2, 0.25) is 0 Å². The van der Waals surface area contributed by atoms with E-state index in [2.05, 4.69) is 52.8 Å². The van der Waals surface area contributed by atoms with E-state index in [1.807, 2.05) is 0 Å². The molecule has 3 aliphatic rings. The molecule has 0 spiro atoms. The van der Waals surface area contributed by atoms with E-state index in [1.165, 1.54) is 37.7 Å². The number of hydrogen-bond acceptors (Lipinski definition) is 4. The van der Waals surface area contributed by atoms with Crippen molar-refractivity contribution in [3.8, 4) is 0 Å². The lowest BCUT2D eigenvalue weighted by atomic mass is 9.73. The Morgan fingerprint density at radius 2 is 1.84 bits per heavy atom. The van der Waals surface area contributed by atoms with Gasteiger partial charge in [0, 0.05) is 57.2 Å². The molecule has 178 valence electrons. The zero-order chi connectivity index (χ0) is 22.1. The van der Waals surface area contributed by atoms with Gasteiger partial charge >= 0.3 is 0 Å². The van der Waals surface area contributed by atoms with Crippen molar-refractivity contribution in [1.29, 1.82) is 0 Å². The standard InChI is InChI=1S/C26H42N4O2/c1-2-27-25(28-19-23-11-16-32-24(23)22-9-5-3-6-10-22)29-20-26(12-7-4-8-13-26)21-30-14-17-31-18-15-30/h3,5-6,9-10,23-24H,2,4,7-8,11-21H2,1H3,(H2,27,28,29). The minimum absolute atomic E-state index is 0.178. The molecule has 2 atom stereocenters. The van der Waals surface area contributed by atoms with Gasteiger partial charge in [-0.3, -0.25) is 9.89 Å². The normalized spacial score (nSPS) is 26.7. The van der Waals surface area contributed by atoms with Crippen molar-refractivity contribution in [2.75, 3.05) is 59.1 Å². The topological polar surface area (TPSA) is 58.1 Å². The maximum Gasteiger partial charge on any atom is 0.191 e. The number of hydrogen-bond donors (Lipinski definition) is 2. The number of nitrogens with one attached hydrogen (secondary N) is 2. The summed E-state index contributed by atoms with van der Waals surface area (Å²) < 4.78 is 11.7. The average Bonchev–Trinajstić information content (AvgIpc) is 3.31. The molecule has 0 aromatic heterocycles. The first-order valence-corrected chi connectivity index (χ1v) is 12.8. The van der Waals surface area contributed by atoms with E-state index in [4.69, 9.17) is 14.5 Å². The molecular weight excluding hydrogens is 400 g/mol. The van der Waals surface area contributed by atoms with Gasteiger partial charge in [0.2, 0.25) is 0 Å². The Hall–Kier alpha value is -1.63. The zero-order valence-electron chi connectivity index (χ0n) is 19.9. The number of nitrogens with zero attached hydrogens (tertiary/aromatic N) is 2. The van der Waals surface area contributed by atoms with Gasteiger partial charge in [0.1, 0.15) is 0 Å². The summed E-state index contributed by atoms with van der Waals surface area (Å²) in [5.41, 5.74) is 1.59. The molecule has 2 unspecified atom stereocenters. The van der Waals surface area contributed by atoms with Crippen LogP contribution < -0.4 is 10.6 Å². The second-order valence-corrected chi connectivity index (χ2v) is 9.78. The first-order valence-electron chi connectivity index (χ1n) is 12.8. The fourth-order valence-corrected chi connectivity index (χ4v) is 5.57. The second-order valence-electron chi connectivity index (χ2n) is 9.78. The van der Waals surface area contributed by atoms with Crippen molar-refractivity contribution in [1.82, 2.24) is 15.5 Å². The van der Waals surface area contributed by atoms with Crippen LogP contribution in [-0.4, -0.2) is 69.9 Å². The molecule has 0 bridgehead atoms. The summed E-state index contributed by atoms with van der Waals surface area (Å²) in [5.74, 6) is 1.43. The van der Waals surface area contributed by atoms with Gasteiger partial charge in [0.05, 0.1) is 19.3 Å². The SMILES string of the molecule is CCNC(=NCC1(CN2CCOCC2)CCCCC1)NCC1CCOC1c1ccccc1. The lowest BCUT2D eigenvalue weighted by Crippen LogP contribution is -2.47. The van der Waals surface area contributed by atoms with Crippen LogP contribution in [0.15, 0.2) is 35.3 Å². The molecule has 6 heteroatoms. The zero-order valence-corrected chi connectivity index (χ0v) is 19.9. The van der Waals surface area contributed by atoms with Gasteiger partial charge in [0.25, 0.3) is 0 Å². The molecule has 0 amide bonds. The number of rotatable bonds is 8. The minimum Gasteiger partial charge on any atom is -0.379 e. The van der Waals surface area contributed by atoms with E-state index < -0.39 is 0 Å². The number of guanidine groups is 1. The summed E-state index contributed by atoms with van der Waals surface area (Å²) in [6, 6.07) is 10.6. The van der Waals surface area contributed by atoms with Gasteiger partial charge in [-0.05, 0) is 31.7 Å². The van der Waals surface area contributed by atoms with E-state index in [-0.39, 0.29) is 6.10 Å². The van der Waals surface area contributed by atoms with Crippen LogP contribution >= 0.6 is 0 Å². The Morgan fingerprint density at radius 3 is 2.59 bits per heavy atom. The van der Waals surface area contributed by atoms with Crippen LogP contribution in [0, 0.1) is 11.3 Å². The Bertz CT molecular complexity index is 699. The summed E-state index contributed by atoms with van der Waals surface area (Å²) in [6.45, 7) is 10.7. The van der Waals surface area contributed by atoms with Gasteiger partial charge in [-0.25, -0.2) is 0 Å². The lowest BCUT2D eigenvalue weighted by molar-refractivity contribution is 0.00937. The molecule has 1 aliphatic carbocycles. The van der Waals surface area contributed by atoms with Crippen LogP contribution in [0.3, 0.4) is 0 Å². The molecular formula is C26H42N4O2. The Balaban J connectivity index is 1.37. The van der Waals surface area contributed by atoms with Crippen LogP contribution in [0.4, 0.5) is 0 Å². The highest BCUT2D eigenvalue weighted by Crippen LogP contribution is 2.38. The molecule has 2 saturated heterocycles. The Morgan fingerprint density at radius 1 is 1.06 bits per heavy atom. The maximum atomic E-state index is 6.08. The molecule has 1 aromatic carbocycles. The second kappa shape index (κ2) is 12.0. The predicted molar refractivity (Wildman–Crippen MR) is 130 cm³/mol. The van der Waals surface area contributed by atoms with E-state index in [0.29, 0.717) is 11.3 Å². The van der Waals surface area contributed by atoms with Crippen LogP contribution in [-0.2, 0) is 9.47 Å². The van der Waals surface area contributed by atoms with Crippen molar-refractivity contribution in [2.45, 2.75) is 51.6 Å². The molecule has 1 saturated carbocycles. The highest BCUT2D eigenvalue weighted by atomic mass is 16.5. The third kappa shape index (κ3) is 6.46. The van der Waals surface area contributed by atoms with Gasteiger partial charge < -0.3 is 20.1 Å². The largest absolute Gasteiger partial charge is 0.379 e. The van der Waals surface area contributed by atoms with E-state index in [0.717, 1.165) is 71.5 Å². The molecule has 32 heavy (non-hydrogen) atoms. The average molecular weight is 443 g/mol. The fraction of sp³-hybridized carbons (Fsp3) is 0.731. The summed E-state index contributed by atoms with van der Waals surface area (Å²) in [5, 5.41) is 7.13. The van der Waals surface area contributed by atoms with Crippen molar-refractivity contribution in [3.63, 3.8) is 0 Å². The van der Waals surface area contributed by atoms with E-state index in [9.17, 15) is 0 Å². The van der Waals surface area contributed by atoms with Crippen LogP contribution in [0.25, 0.3) is 0 Å². The maximum absolute atomic E-state index is 6.08. The van der Waals surface area contributed by atoms with Crippen molar-refractivity contribution >= 4 is 5.96 Å². The molecule has 4 rings (SSSR count). The van der Waals surface area contributed by atoms with Crippen LogP contribution in [0.5, 0.6) is 0 Å². The molecule has 2 heterocycles. The van der Waals surface area contributed by atoms with E-state index in [1.54, 1.807) is 0 Å². The lowest BCUT2D eigenvalue weighted by Gasteiger charge is -2.41. The van der Waals surface area contributed by atoms with Gasteiger partial charge in [-0.15, -0.1) is 0 Å². The number of morpholine rings is 1. The Kier molecular flexibility index (Phi) is 8.83. The first-order chi connectivity index (χ1) is 15.8. The van der Waals surface area contributed by atoms with Gasteiger partial charge in [-0.2, -0.15) is 0 Å². The number of aliphatic imine (C=N–C) groups is 1. The number of ether oxygens (including phenoxy) is 2. The smallest absolute Gasteiger partial charge is 0.191 e. The minimum atomic E-state index is 0.178. The van der Waals surface area contributed by atoms with Gasteiger partial charge in [0.15, 0.2) is 5.96 Å². The summed E-state index contributed by atoms with van der Waals surface area (Å²) in [4.78, 5) is 7.73. The van der Waals surface area contributed by atoms with Crippen molar-refractivity contribution in [2.24, 2.45) is 16.3 Å². The summed E-state index contributed by atoms with van der Waals surface area (Å²) in [6.07, 6.45) is 7.89. The van der Waals surface area contributed by atoms with Gasteiger partial charge in [-0.1, -0.05) is 49.6 Å². The fourth-order valence-electron chi connectivity index (χ4n) is 5.57. The number of benzene rings is 1. The molecule has 3 fully saturated rings. The highest BCUT2D eigenvalue weighted by molar-refractivity contribution is 5.79. The monoisotopic (exact) mass is 442 g/mol. The first kappa shape index (κ1) is 23.5. The predicted octanol–water partition coefficient (Wildman–Crippen LogP) is 3.60. The molecule has 2 aliphatic heterocycles. The Labute approximate surface area is 194 Å². The summed E-state index contributed by atoms with van der Waals surface area (Å²) >= 11 is 0. The molecule has 1 aromatic rings. The van der Waals surface area contributed by atoms with E-state index >= 15 is 0 Å².